The van der Waals surface area contributed by atoms with E-state index in [2.05, 4.69) is 157 Å². The molecule has 0 aliphatic carbocycles. The first-order valence-corrected chi connectivity index (χ1v) is 15.0. The summed E-state index contributed by atoms with van der Waals surface area (Å²) in [6.07, 6.45) is 0. The van der Waals surface area contributed by atoms with Crippen LogP contribution in [-0.4, -0.2) is 0 Å². The van der Waals surface area contributed by atoms with Crippen LogP contribution in [0.15, 0.2) is 168 Å². The number of furan rings is 1. The van der Waals surface area contributed by atoms with Gasteiger partial charge in [-0.3, -0.25) is 0 Å². The van der Waals surface area contributed by atoms with Crippen molar-refractivity contribution in [1.82, 2.24) is 0 Å². The van der Waals surface area contributed by atoms with Gasteiger partial charge in [0, 0.05) is 16.8 Å². The summed E-state index contributed by atoms with van der Waals surface area (Å²) in [7, 11) is 0. The van der Waals surface area contributed by atoms with E-state index in [1.807, 2.05) is 12.1 Å². The maximum Gasteiger partial charge on any atom is 0.137 e. The molecule has 2 nitrogen and oxygen atoms in total. The highest BCUT2D eigenvalue weighted by molar-refractivity contribution is 6.14. The van der Waals surface area contributed by atoms with Crippen LogP contribution in [-0.2, 0) is 0 Å². The summed E-state index contributed by atoms with van der Waals surface area (Å²) >= 11 is 0. The lowest BCUT2D eigenvalue weighted by Crippen LogP contribution is -2.10. The number of benzene rings is 8. The number of rotatable bonds is 4. The molecule has 0 aliphatic rings. The molecule has 9 rings (SSSR count). The van der Waals surface area contributed by atoms with Gasteiger partial charge >= 0.3 is 0 Å². The second kappa shape index (κ2) is 9.86. The molecule has 0 fully saturated rings. The van der Waals surface area contributed by atoms with E-state index in [-0.39, 0.29) is 0 Å². The van der Waals surface area contributed by atoms with Crippen molar-refractivity contribution < 1.29 is 4.42 Å². The predicted octanol–water partition coefficient (Wildman–Crippen LogP) is 12.2. The lowest BCUT2D eigenvalue weighted by molar-refractivity contribution is 0.669. The van der Waals surface area contributed by atoms with E-state index >= 15 is 0 Å². The van der Waals surface area contributed by atoms with Crippen molar-refractivity contribution in [2.75, 3.05) is 4.90 Å². The van der Waals surface area contributed by atoms with Gasteiger partial charge in [-0.25, -0.2) is 0 Å². The van der Waals surface area contributed by atoms with Gasteiger partial charge in [-0.1, -0.05) is 115 Å². The smallest absolute Gasteiger partial charge is 0.137 e. The van der Waals surface area contributed by atoms with Gasteiger partial charge in [-0.15, -0.1) is 0 Å². The fraction of sp³-hybridized carbons (Fsp3) is 0. The molecule has 1 aromatic heterocycles. The minimum absolute atomic E-state index is 0.881. The van der Waals surface area contributed by atoms with Crippen LogP contribution in [0, 0.1) is 0 Å². The lowest BCUT2D eigenvalue weighted by Gasteiger charge is -2.27. The highest BCUT2D eigenvalue weighted by Gasteiger charge is 2.20. The molecule has 8 aromatic carbocycles. The van der Waals surface area contributed by atoms with Crippen LogP contribution in [0.1, 0.15) is 0 Å². The monoisotopic (exact) mass is 561 g/mol. The Hall–Kier alpha value is -5.86. The SMILES string of the molecule is c1cc(-c2ccc3ccccc3c2)cc(N(c2ccc3c(ccc4ccccc43)c2)c2cccc3oc4ccccc4c23)c1. The molecule has 9 aromatic rings. The van der Waals surface area contributed by atoms with E-state index in [0.717, 1.165) is 39.0 Å². The van der Waals surface area contributed by atoms with Gasteiger partial charge in [-0.05, 0) is 92.0 Å². The van der Waals surface area contributed by atoms with E-state index in [0.29, 0.717) is 0 Å². The minimum Gasteiger partial charge on any atom is -0.456 e. The van der Waals surface area contributed by atoms with Gasteiger partial charge in [-0.2, -0.15) is 0 Å². The Kier molecular flexibility index (Phi) is 5.54. The predicted molar refractivity (Wildman–Crippen MR) is 186 cm³/mol. The van der Waals surface area contributed by atoms with E-state index in [1.54, 1.807) is 0 Å². The van der Waals surface area contributed by atoms with Crippen LogP contribution in [0.25, 0.3) is 65.4 Å². The zero-order chi connectivity index (χ0) is 29.0. The number of nitrogens with zero attached hydrogens (tertiary/aromatic N) is 1. The lowest BCUT2D eigenvalue weighted by atomic mass is 9.99. The second-order valence-electron chi connectivity index (χ2n) is 11.4. The van der Waals surface area contributed by atoms with Crippen LogP contribution in [0.2, 0.25) is 0 Å². The molecule has 0 aliphatic heterocycles. The Morgan fingerprint density at radius 2 is 1.02 bits per heavy atom. The average molecular weight is 562 g/mol. The Morgan fingerprint density at radius 3 is 1.95 bits per heavy atom. The second-order valence-corrected chi connectivity index (χ2v) is 11.4. The summed E-state index contributed by atoms with van der Waals surface area (Å²) in [4.78, 5) is 2.38. The molecule has 0 radical (unpaired) electrons. The Labute approximate surface area is 255 Å². The topological polar surface area (TPSA) is 16.4 Å². The maximum absolute atomic E-state index is 6.34. The van der Waals surface area contributed by atoms with E-state index < -0.39 is 0 Å². The summed E-state index contributed by atoms with van der Waals surface area (Å²) in [5.41, 5.74) is 7.42. The maximum atomic E-state index is 6.34. The Balaban J connectivity index is 1.29. The third-order valence-corrected chi connectivity index (χ3v) is 8.80. The molecule has 0 bridgehead atoms. The highest BCUT2D eigenvalue weighted by atomic mass is 16.3. The van der Waals surface area contributed by atoms with Gasteiger partial charge < -0.3 is 9.32 Å². The number of anilines is 3. The van der Waals surface area contributed by atoms with Crippen molar-refractivity contribution in [3.63, 3.8) is 0 Å². The minimum atomic E-state index is 0.881. The standard InChI is InChI=1S/C42H27NO/c1-2-11-30-25-32(21-19-28(30)9-1)31-12-7-13-34(26-31)43(39-16-8-18-41-42(39)38-15-5-6-17-40(38)44-41)35-23-24-37-33(27-35)22-20-29-10-3-4-14-36(29)37/h1-27H. The normalized spacial score (nSPS) is 11.6. The van der Waals surface area contributed by atoms with E-state index in [1.165, 1.54) is 43.4 Å². The Bertz CT molecular complexity index is 2520. The molecule has 0 saturated carbocycles. The molecule has 0 amide bonds. The van der Waals surface area contributed by atoms with Crippen LogP contribution in [0.4, 0.5) is 17.1 Å². The van der Waals surface area contributed by atoms with E-state index in [9.17, 15) is 0 Å². The van der Waals surface area contributed by atoms with Crippen molar-refractivity contribution in [1.29, 1.82) is 0 Å². The number of hydrogen-bond donors (Lipinski definition) is 0. The number of fused-ring (bicyclic) bond motifs is 7. The zero-order valence-corrected chi connectivity index (χ0v) is 23.9. The first kappa shape index (κ1) is 24.7. The molecule has 206 valence electrons. The van der Waals surface area contributed by atoms with Gasteiger partial charge in [0.15, 0.2) is 0 Å². The van der Waals surface area contributed by atoms with Crippen molar-refractivity contribution in [2.45, 2.75) is 0 Å². The molecule has 1 heterocycles. The van der Waals surface area contributed by atoms with Crippen molar-refractivity contribution in [3.8, 4) is 11.1 Å². The number of hydrogen-bond acceptors (Lipinski definition) is 2. The molecular weight excluding hydrogens is 534 g/mol. The number of para-hydroxylation sites is 1. The summed E-state index contributed by atoms with van der Waals surface area (Å²) in [5.74, 6) is 0. The van der Waals surface area contributed by atoms with Crippen molar-refractivity contribution in [2.24, 2.45) is 0 Å². The van der Waals surface area contributed by atoms with Crippen LogP contribution >= 0.6 is 0 Å². The average Bonchev–Trinajstić information content (AvgIpc) is 3.48. The molecule has 44 heavy (non-hydrogen) atoms. The van der Waals surface area contributed by atoms with Crippen molar-refractivity contribution >= 4 is 71.3 Å². The van der Waals surface area contributed by atoms with E-state index in [4.69, 9.17) is 4.42 Å². The van der Waals surface area contributed by atoms with Crippen LogP contribution in [0.5, 0.6) is 0 Å². The molecule has 0 spiro atoms. The molecule has 0 atom stereocenters. The molecule has 2 heteroatoms. The quantitative estimate of drug-likeness (QED) is 0.199. The van der Waals surface area contributed by atoms with Gasteiger partial charge in [0.05, 0.1) is 11.1 Å². The zero-order valence-electron chi connectivity index (χ0n) is 23.9. The van der Waals surface area contributed by atoms with Crippen molar-refractivity contribution in [3.05, 3.63) is 164 Å². The first-order chi connectivity index (χ1) is 21.8. The first-order valence-electron chi connectivity index (χ1n) is 15.0. The molecular formula is C42H27NO. The largest absolute Gasteiger partial charge is 0.456 e. The fourth-order valence-electron chi connectivity index (χ4n) is 6.70. The molecule has 0 unspecified atom stereocenters. The van der Waals surface area contributed by atoms with Crippen LogP contribution < -0.4 is 4.90 Å². The molecule has 0 N–H and O–H groups in total. The summed E-state index contributed by atoms with van der Waals surface area (Å²) in [6.45, 7) is 0. The fourth-order valence-corrected chi connectivity index (χ4v) is 6.70. The van der Waals surface area contributed by atoms with Gasteiger partial charge in [0.25, 0.3) is 0 Å². The summed E-state index contributed by atoms with van der Waals surface area (Å²) in [6, 6.07) is 58.7. The highest BCUT2D eigenvalue weighted by Crippen LogP contribution is 2.44. The summed E-state index contributed by atoms with van der Waals surface area (Å²) in [5, 5.41) is 9.69. The third-order valence-electron chi connectivity index (χ3n) is 8.80. The van der Waals surface area contributed by atoms with Gasteiger partial charge in [0.2, 0.25) is 0 Å². The third kappa shape index (κ3) is 3.96. The van der Waals surface area contributed by atoms with Gasteiger partial charge in [0.1, 0.15) is 11.2 Å². The Morgan fingerprint density at radius 1 is 0.364 bits per heavy atom. The molecule has 0 saturated heterocycles. The summed E-state index contributed by atoms with van der Waals surface area (Å²) < 4.78 is 6.34. The van der Waals surface area contributed by atoms with Crippen LogP contribution in [0.3, 0.4) is 0 Å².